The van der Waals surface area contributed by atoms with Crippen molar-refractivity contribution in [3.63, 3.8) is 0 Å². The van der Waals surface area contributed by atoms with E-state index in [1.165, 1.54) is 0 Å². The topological polar surface area (TPSA) is 32.9 Å². The second kappa shape index (κ2) is 4.56. The van der Waals surface area contributed by atoms with Crippen LogP contribution in [0.15, 0.2) is 48.7 Å². The molecule has 0 spiro atoms. The smallest absolute Gasteiger partial charge is 0.195 e. The van der Waals surface area contributed by atoms with E-state index in [1.54, 1.807) is 12.3 Å². The zero-order valence-electron chi connectivity index (χ0n) is 10.4. The number of fused-ring (bicyclic) bond motifs is 1. The molecule has 2 nitrogen and oxygen atoms in total. The molecule has 0 atom stereocenters. The Hall–Kier alpha value is -2.06. The Morgan fingerprint density at radius 3 is 2.74 bits per heavy atom. The second-order valence-electron chi connectivity index (χ2n) is 4.59. The van der Waals surface area contributed by atoms with E-state index in [-0.39, 0.29) is 5.78 Å². The lowest BCUT2D eigenvalue weighted by molar-refractivity contribution is 0.104. The van der Waals surface area contributed by atoms with E-state index >= 15 is 0 Å². The van der Waals surface area contributed by atoms with Gasteiger partial charge in [-0.1, -0.05) is 29.8 Å². The van der Waals surface area contributed by atoms with Crippen molar-refractivity contribution in [3.05, 3.63) is 70.4 Å². The lowest BCUT2D eigenvalue weighted by atomic mass is 10.0. The fourth-order valence-corrected chi connectivity index (χ4v) is 2.57. The fraction of sp³-hybridized carbons (Fsp3) is 0.0625. The minimum atomic E-state index is -0.0111. The van der Waals surface area contributed by atoms with E-state index in [4.69, 9.17) is 11.6 Å². The molecule has 1 aromatic heterocycles. The largest absolute Gasteiger partial charge is 0.360 e. The molecule has 3 aromatic rings. The predicted octanol–water partition coefficient (Wildman–Crippen LogP) is 4.36. The van der Waals surface area contributed by atoms with E-state index in [9.17, 15) is 4.79 Å². The first-order valence-corrected chi connectivity index (χ1v) is 6.41. The van der Waals surface area contributed by atoms with Gasteiger partial charge in [-0.05, 0) is 36.8 Å². The molecule has 2 aromatic carbocycles. The number of nitrogens with one attached hydrogen (secondary N) is 1. The van der Waals surface area contributed by atoms with Crippen molar-refractivity contribution in [2.75, 3.05) is 0 Å². The fourth-order valence-electron chi connectivity index (χ4n) is 2.28. The molecule has 19 heavy (non-hydrogen) atoms. The lowest BCUT2D eigenvalue weighted by Crippen LogP contribution is -2.00. The number of aromatic amines is 1. The second-order valence-corrected chi connectivity index (χ2v) is 5.03. The maximum Gasteiger partial charge on any atom is 0.195 e. The molecular weight excluding hydrogens is 258 g/mol. The van der Waals surface area contributed by atoms with Crippen LogP contribution in [0.2, 0.25) is 5.02 Å². The zero-order chi connectivity index (χ0) is 13.4. The molecule has 3 heteroatoms. The molecule has 0 amide bonds. The van der Waals surface area contributed by atoms with E-state index < -0.39 is 0 Å². The number of benzene rings is 2. The molecule has 0 fully saturated rings. The van der Waals surface area contributed by atoms with Crippen LogP contribution in [0.5, 0.6) is 0 Å². The van der Waals surface area contributed by atoms with Crippen LogP contribution >= 0.6 is 11.6 Å². The van der Waals surface area contributed by atoms with E-state index in [2.05, 4.69) is 4.98 Å². The first kappa shape index (κ1) is 12.0. The molecule has 0 radical (unpaired) electrons. The van der Waals surface area contributed by atoms with Gasteiger partial charge in [0.1, 0.15) is 0 Å². The number of para-hydroxylation sites is 1. The Bertz CT molecular complexity index is 753. The van der Waals surface area contributed by atoms with Gasteiger partial charge in [0.15, 0.2) is 5.78 Å². The summed E-state index contributed by atoms with van der Waals surface area (Å²) in [5.74, 6) is -0.0111. The summed E-state index contributed by atoms with van der Waals surface area (Å²) in [6.45, 7) is 1.93. The van der Waals surface area contributed by atoms with Gasteiger partial charge in [-0.2, -0.15) is 0 Å². The van der Waals surface area contributed by atoms with Gasteiger partial charge in [0.25, 0.3) is 0 Å². The molecule has 1 N–H and O–H groups in total. The summed E-state index contributed by atoms with van der Waals surface area (Å²) in [4.78, 5) is 15.7. The van der Waals surface area contributed by atoms with Crippen LogP contribution in [0, 0.1) is 6.92 Å². The monoisotopic (exact) mass is 269 g/mol. The molecule has 0 aliphatic carbocycles. The van der Waals surface area contributed by atoms with Gasteiger partial charge < -0.3 is 4.98 Å². The first-order chi connectivity index (χ1) is 9.15. The van der Waals surface area contributed by atoms with Crippen LogP contribution < -0.4 is 0 Å². The highest BCUT2D eigenvalue weighted by Crippen LogP contribution is 2.23. The number of carbonyl (C=O) groups excluding carboxylic acids is 1. The summed E-state index contributed by atoms with van der Waals surface area (Å²) < 4.78 is 0. The van der Waals surface area contributed by atoms with E-state index in [1.807, 2.05) is 43.3 Å². The van der Waals surface area contributed by atoms with Gasteiger partial charge in [0.2, 0.25) is 0 Å². The summed E-state index contributed by atoms with van der Waals surface area (Å²) in [6.07, 6.45) is 1.75. The van der Waals surface area contributed by atoms with Crippen molar-refractivity contribution in [3.8, 4) is 0 Å². The highest BCUT2D eigenvalue weighted by atomic mass is 35.5. The van der Waals surface area contributed by atoms with Crippen molar-refractivity contribution in [2.45, 2.75) is 6.92 Å². The van der Waals surface area contributed by atoms with Gasteiger partial charge in [-0.25, -0.2) is 0 Å². The molecule has 0 saturated carbocycles. The summed E-state index contributed by atoms with van der Waals surface area (Å²) in [7, 11) is 0. The van der Waals surface area contributed by atoms with Crippen molar-refractivity contribution in [1.29, 1.82) is 0 Å². The van der Waals surface area contributed by atoms with E-state index in [0.717, 1.165) is 16.5 Å². The van der Waals surface area contributed by atoms with Crippen molar-refractivity contribution in [2.24, 2.45) is 0 Å². The number of aromatic nitrogens is 1. The maximum absolute atomic E-state index is 12.5. The van der Waals surface area contributed by atoms with Gasteiger partial charge >= 0.3 is 0 Å². The van der Waals surface area contributed by atoms with Gasteiger partial charge in [-0.15, -0.1) is 0 Å². The molecule has 0 aliphatic rings. The minimum absolute atomic E-state index is 0.0111. The lowest BCUT2D eigenvalue weighted by Gasteiger charge is -2.02. The van der Waals surface area contributed by atoms with Crippen molar-refractivity contribution < 1.29 is 4.79 Å². The SMILES string of the molecule is Cc1cc(Cl)cc(C(=O)c2c[nH]c3ccccc23)c1. The molecular formula is C16H12ClNO. The van der Waals surface area contributed by atoms with Crippen LogP contribution in [-0.4, -0.2) is 10.8 Å². The number of rotatable bonds is 2. The van der Waals surface area contributed by atoms with Gasteiger partial charge in [0, 0.05) is 33.2 Å². The number of carbonyl (C=O) groups is 1. The summed E-state index contributed by atoms with van der Waals surface area (Å²) in [5.41, 5.74) is 3.24. The van der Waals surface area contributed by atoms with Crippen LogP contribution in [0.1, 0.15) is 21.5 Å². The van der Waals surface area contributed by atoms with Crippen molar-refractivity contribution in [1.82, 2.24) is 4.98 Å². The molecule has 0 aliphatic heterocycles. The molecule has 0 unspecified atom stereocenters. The number of hydrogen-bond acceptors (Lipinski definition) is 1. The van der Waals surface area contributed by atoms with Crippen molar-refractivity contribution >= 4 is 28.3 Å². The van der Waals surface area contributed by atoms with Gasteiger partial charge in [-0.3, -0.25) is 4.79 Å². The number of halogens is 1. The number of H-pyrrole nitrogens is 1. The average Bonchev–Trinajstić information content (AvgIpc) is 2.80. The predicted molar refractivity (Wildman–Crippen MR) is 77.9 cm³/mol. The summed E-state index contributed by atoms with van der Waals surface area (Å²) in [6, 6.07) is 13.2. The zero-order valence-corrected chi connectivity index (χ0v) is 11.2. The Morgan fingerprint density at radius 2 is 1.95 bits per heavy atom. The quantitative estimate of drug-likeness (QED) is 0.689. The van der Waals surface area contributed by atoms with Gasteiger partial charge in [0.05, 0.1) is 0 Å². The maximum atomic E-state index is 12.5. The Morgan fingerprint density at radius 1 is 1.16 bits per heavy atom. The third-order valence-electron chi connectivity index (χ3n) is 3.14. The number of hydrogen-bond donors (Lipinski definition) is 1. The number of aryl methyl sites for hydroxylation is 1. The summed E-state index contributed by atoms with van der Waals surface area (Å²) >= 11 is 6.01. The van der Waals surface area contributed by atoms with Crippen LogP contribution in [0.4, 0.5) is 0 Å². The van der Waals surface area contributed by atoms with Crippen LogP contribution in [0.3, 0.4) is 0 Å². The average molecular weight is 270 g/mol. The highest BCUT2D eigenvalue weighted by molar-refractivity contribution is 6.31. The Kier molecular flexibility index (Phi) is 2.88. The highest BCUT2D eigenvalue weighted by Gasteiger charge is 2.14. The van der Waals surface area contributed by atoms with Crippen LogP contribution in [-0.2, 0) is 0 Å². The normalized spacial score (nSPS) is 10.8. The molecule has 94 valence electrons. The third kappa shape index (κ3) is 2.15. The molecule has 3 rings (SSSR count). The molecule has 1 heterocycles. The Labute approximate surface area is 116 Å². The minimum Gasteiger partial charge on any atom is -0.360 e. The van der Waals surface area contributed by atoms with E-state index in [0.29, 0.717) is 16.1 Å². The standard InChI is InChI=1S/C16H12ClNO/c1-10-6-11(8-12(17)7-10)16(19)14-9-18-15-5-3-2-4-13(14)15/h2-9,18H,1H3. The number of ketones is 1. The Balaban J connectivity index is 2.13. The third-order valence-corrected chi connectivity index (χ3v) is 3.36. The van der Waals surface area contributed by atoms with Crippen LogP contribution in [0.25, 0.3) is 10.9 Å². The summed E-state index contributed by atoms with van der Waals surface area (Å²) in [5, 5.41) is 1.52. The molecule has 0 saturated heterocycles. The molecule has 0 bridgehead atoms. The first-order valence-electron chi connectivity index (χ1n) is 6.03.